The Kier molecular flexibility index (Phi) is 3.38. The van der Waals surface area contributed by atoms with E-state index in [1.807, 2.05) is 0 Å². The molecule has 1 N–H and O–H groups in total. The third-order valence-corrected chi connectivity index (χ3v) is 3.90. The highest BCUT2D eigenvalue weighted by Crippen LogP contribution is 2.30. The van der Waals surface area contributed by atoms with E-state index in [1.54, 1.807) is 23.2 Å². The second-order valence-electron chi connectivity index (χ2n) is 4.85. The number of ether oxygens (including phenoxy) is 2. The molecular formula is C13H16N2O3S. The number of piperidine rings is 1. The molecule has 1 amide bonds. The number of aromatic amines is 1. The van der Waals surface area contributed by atoms with Gasteiger partial charge in [-0.3, -0.25) is 4.79 Å². The molecular weight excluding hydrogens is 264 g/mol. The Morgan fingerprint density at radius 1 is 1.42 bits per heavy atom. The minimum Gasteiger partial charge on any atom is -0.352 e. The number of aromatic nitrogens is 1. The van der Waals surface area contributed by atoms with Gasteiger partial charge in [0.25, 0.3) is 5.91 Å². The topological polar surface area (TPSA) is 54.6 Å². The summed E-state index contributed by atoms with van der Waals surface area (Å²) in [6.07, 6.45) is 3.45. The predicted octanol–water partition coefficient (Wildman–Crippen LogP) is 1.72. The van der Waals surface area contributed by atoms with Gasteiger partial charge in [0, 0.05) is 19.2 Å². The van der Waals surface area contributed by atoms with E-state index in [-0.39, 0.29) is 5.91 Å². The highest BCUT2D eigenvalue weighted by Gasteiger charge is 2.42. The molecule has 1 spiro atoms. The molecule has 0 bridgehead atoms. The zero-order chi connectivity index (χ0) is 13.3. The molecule has 3 heterocycles. The van der Waals surface area contributed by atoms with Crippen LogP contribution < -0.4 is 0 Å². The van der Waals surface area contributed by atoms with E-state index in [4.69, 9.17) is 21.7 Å². The highest BCUT2D eigenvalue weighted by atomic mass is 32.1. The summed E-state index contributed by atoms with van der Waals surface area (Å²) in [4.78, 5) is 17.1. The molecule has 2 aliphatic heterocycles. The van der Waals surface area contributed by atoms with E-state index in [0.29, 0.717) is 30.0 Å². The molecule has 0 unspecified atom stereocenters. The fourth-order valence-corrected chi connectivity index (χ4v) is 2.88. The Morgan fingerprint density at radius 2 is 2.21 bits per heavy atom. The quantitative estimate of drug-likeness (QED) is 0.796. The molecule has 102 valence electrons. The van der Waals surface area contributed by atoms with Gasteiger partial charge in [-0.05, 0) is 18.6 Å². The molecule has 2 saturated heterocycles. The second-order valence-corrected chi connectivity index (χ2v) is 5.26. The molecule has 2 fully saturated rings. The number of likely N-dealkylation sites (tertiary alicyclic amines) is 1. The van der Waals surface area contributed by atoms with E-state index in [1.165, 1.54) is 0 Å². The first-order chi connectivity index (χ1) is 9.20. The van der Waals surface area contributed by atoms with Gasteiger partial charge in [-0.2, -0.15) is 0 Å². The Hall–Kier alpha value is -1.24. The van der Waals surface area contributed by atoms with Crippen LogP contribution in [0.4, 0.5) is 0 Å². The number of rotatable bonds is 1. The van der Waals surface area contributed by atoms with Crippen molar-refractivity contribution >= 4 is 18.1 Å². The van der Waals surface area contributed by atoms with E-state index >= 15 is 0 Å². The Morgan fingerprint density at radius 3 is 2.95 bits per heavy atom. The first kappa shape index (κ1) is 12.8. The van der Waals surface area contributed by atoms with Crippen LogP contribution in [0.3, 0.4) is 0 Å². The molecule has 0 atom stereocenters. The van der Waals surface area contributed by atoms with E-state index in [2.05, 4.69) is 4.98 Å². The zero-order valence-corrected chi connectivity index (χ0v) is 11.4. The minimum atomic E-state index is -0.589. The third-order valence-electron chi connectivity index (χ3n) is 3.57. The molecule has 1 aromatic rings. The molecule has 6 heteroatoms. The summed E-state index contributed by atoms with van der Waals surface area (Å²) in [5, 5.41) is 0. The van der Waals surface area contributed by atoms with Crippen molar-refractivity contribution in [3.63, 3.8) is 0 Å². The molecule has 0 aliphatic carbocycles. The van der Waals surface area contributed by atoms with Crippen molar-refractivity contribution in [1.29, 1.82) is 0 Å². The van der Waals surface area contributed by atoms with Crippen molar-refractivity contribution in [2.75, 3.05) is 26.3 Å². The number of carbonyl (C=O) groups is 1. The average Bonchev–Trinajstić information content (AvgIpc) is 2.86. The number of H-pyrrole nitrogens is 1. The Labute approximate surface area is 116 Å². The maximum atomic E-state index is 12.5. The summed E-state index contributed by atoms with van der Waals surface area (Å²) in [5.74, 6) is -0.645. The normalized spacial score (nSPS) is 21.8. The van der Waals surface area contributed by atoms with E-state index in [9.17, 15) is 4.79 Å². The molecule has 0 radical (unpaired) electrons. The molecule has 0 aromatic carbocycles. The van der Waals surface area contributed by atoms with E-state index < -0.39 is 5.79 Å². The van der Waals surface area contributed by atoms with Crippen LogP contribution in [0.2, 0.25) is 0 Å². The van der Waals surface area contributed by atoms with Crippen molar-refractivity contribution in [3.05, 3.63) is 28.5 Å². The number of hydrogen-bond donors (Lipinski definition) is 1. The maximum absolute atomic E-state index is 12.5. The van der Waals surface area contributed by atoms with Gasteiger partial charge in [-0.1, -0.05) is 12.2 Å². The second kappa shape index (κ2) is 5.03. The first-order valence-electron chi connectivity index (χ1n) is 6.45. The fourth-order valence-electron chi connectivity index (χ4n) is 2.65. The van der Waals surface area contributed by atoms with Gasteiger partial charge in [-0.15, -0.1) is 0 Å². The standard InChI is InChI=1S/C13H16N2O3S/c16-12(10-3-1-5-14-11(10)19)15-6-2-4-13(9-15)17-7-8-18-13/h1,3,5H,2,4,6-9H2,(H,14,19). The number of pyridine rings is 1. The van der Waals surface area contributed by atoms with Crippen molar-refractivity contribution in [1.82, 2.24) is 9.88 Å². The monoisotopic (exact) mass is 280 g/mol. The van der Waals surface area contributed by atoms with Crippen molar-refractivity contribution < 1.29 is 14.3 Å². The number of carbonyl (C=O) groups excluding carboxylic acids is 1. The summed E-state index contributed by atoms with van der Waals surface area (Å²) in [7, 11) is 0. The third kappa shape index (κ3) is 2.43. The number of amides is 1. The van der Waals surface area contributed by atoms with Gasteiger partial charge in [0.1, 0.15) is 4.64 Å². The van der Waals surface area contributed by atoms with Gasteiger partial charge >= 0.3 is 0 Å². The molecule has 0 saturated carbocycles. The van der Waals surface area contributed by atoms with Gasteiger partial charge in [-0.25, -0.2) is 0 Å². The van der Waals surface area contributed by atoms with Crippen molar-refractivity contribution in [2.45, 2.75) is 18.6 Å². The molecule has 3 rings (SSSR count). The predicted molar refractivity (Wildman–Crippen MR) is 71.4 cm³/mol. The average molecular weight is 280 g/mol. The summed E-state index contributed by atoms with van der Waals surface area (Å²) in [6, 6.07) is 3.53. The molecule has 1 aromatic heterocycles. The van der Waals surface area contributed by atoms with Crippen LogP contribution in [0.25, 0.3) is 0 Å². The lowest BCUT2D eigenvalue weighted by atomic mass is 10.0. The zero-order valence-electron chi connectivity index (χ0n) is 10.6. The SMILES string of the molecule is O=C(c1ccc[nH]c1=S)N1CCCC2(C1)OCCO2. The summed E-state index contributed by atoms with van der Waals surface area (Å²) < 4.78 is 11.8. The summed E-state index contributed by atoms with van der Waals surface area (Å²) in [6.45, 7) is 2.41. The lowest BCUT2D eigenvalue weighted by Crippen LogP contribution is -2.51. The van der Waals surface area contributed by atoms with Crippen LogP contribution in [0.5, 0.6) is 0 Å². The number of nitrogens with one attached hydrogen (secondary N) is 1. The smallest absolute Gasteiger partial charge is 0.257 e. The van der Waals surface area contributed by atoms with Gasteiger partial charge in [0.05, 0.1) is 25.3 Å². The first-order valence-corrected chi connectivity index (χ1v) is 6.86. The highest BCUT2D eigenvalue weighted by molar-refractivity contribution is 7.71. The fraction of sp³-hybridized carbons (Fsp3) is 0.538. The summed E-state index contributed by atoms with van der Waals surface area (Å²) in [5.41, 5.74) is 0.535. The Balaban J connectivity index is 1.80. The lowest BCUT2D eigenvalue weighted by molar-refractivity contribution is -0.183. The number of hydrogen-bond acceptors (Lipinski definition) is 4. The minimum absolute atomic E-state index is 0.0555. The number of nitrogens with zero attached hydrogens (tertiary/aromatic N) is 1. The molecule has 5 nitrogen and oxygen atoms in total. The van der Waals surface area contributed by atoms with Gasteiger partial charge in [0.2, 0.25) is 0 Å². The van der Waals surface area contributed by atoms with Crippen LogP contribution in [-0.4, -0.2) is 47.9 Å². The van der Waals surface area contributed by atoms with Gasteiger partial charge in [0.15, 0.2) is 5.79 Å². The van der Waals surface area contributed by atoms with Crippen LogP contribution in [0.1, 0.15) is 23.2 Å². The maximum Gasteiger partial charge on any atom is 0.257 e. The van der Waals surface area contributed by atoms with Crippen LogP contribution in [0.15, 0.2) is 18.3 Å². The van der Waals surface area contributed by atoms with Gasteiger partial charge < -0.3 is 19.4 Å². The van der Waals surface area contributed by atoms with Crippen LogP contribution >= 0.6 is 12.2 Å². The van der Waals surface area contributed by atoms with Crippen LogP contribution in [0, 0.1) is 4.64 Å². The Bertz CT molecular complexity index is 537. The van der Waals surface area contributed by atoms with Crippen LogP contribution in [-0.2, 0) is 9.47 Å². The lowest BCUT2D eigenvalue weighted by Gasteiger charge is -2.38. The summed E-state index contributed by atoms with van der Waals surface area (Å²) >= 11 is 5.16. The molecule has 19 heavy (non-hydrogen) atoms. The largest absolute Gasteiger partial charge is 0.352 e. The molecule has 2 aliphatic rings. The van der Waals surface area contributed by atoms with Crippen molar-refractivity contribution in [2.24, 2.45) is 0 Å². The van der Waals surface area contributed by atoms with Crippen molar-refractivity contribution in [3.8, 4) is 0 Å². The van der Waals surface area contributed by atoms with E-state index in [0.717, 1.165) is 19.4 Å².